The van der Waals surface area contributed by atoms with Gasteiger partial charge >= 0.3 is 0 Å². The number of rotatable bonds is 4. The minimum atomic E-state index is -0.844. The lowest BCUT2D eigenvalue weighted by Gasteiger charge is -2.29. The van der Waals surface area contributed by atoms with Crippen molar-refractivity contribution in [2.45, 2.75) is 26.7 Å². The van der Waals surface area contributed by atoms with Gasteiger partial charge in [0.05, 0.1) is 5.56 Å². The van der Waals surface area contributed by atoms with Crippen molar-refractivity contribution in [3.8, 4) is 0 Å². The normalized spacial score (nSPS) is 14.4. The second-order valence-electron chi connectivity index (χ2n) is 6.84. The lowest BCUT2D eigenvalue weighted by atomic mass is 9.93. The first kappa shape index (κ1) is 19.0. The molecule has 1 amide bonds. The Morgan fingerprint density at radius 1 is 1.04 bits per heavy atom. The van der Waals surface area contributed by atoms with Gasteiger partial charge in [0.2, 0.25) is 5.91 Å². The standard InChI is InChI=1S/C22H21F2NO2/c1-14-10-11-25(15(2)26)13-18(14)17-8-6-16(7-9-17)12-21(27)22-19(23)4-3-5-20(22)24/h3-9H,10-13H2,1-2H3. The molecule has 140 valence electrons. The fourth-order valence-corrected chi connectivity index (χ4v) is 3.33. The summed E-state index contributed by atoms with van der Waals surface area (Å²) in [5.41, 5.74) is 3.53. The highest BCUT2D eigenvalue weighted by Crippen LogP contribution is 2.27. The van der Waals surface area contributed by atoms with Gasteiger partial charge in [-0.15, -0.1) is 0 Å². The Hall–Kier alpha value is -2.82. The number of benzene rings is 2. The molecule has 0 atom stereocenters. The molecule has 2 aromatic carbocycles. The van der Waals surface area contributed by atoms with Gasteiger partial charge in [0.1, 0.15) is 11.6 Å². The molecule has 1 heterocycles. The number of carbonyl (C=O) groups excluding carboxylic acids is 2. The maximum atomic E-state index is 13.8. The lowest BCUT2D eigenvalue weighted by molar-refractivity contribution is -0.128. The molecular weight excluding hydrogens is 348 g/mol. The van der Waals surface area contributed by atoms with Crippen LogP contribution in [0.25, 0.3) is 5.57 Å². The van der Waals surface area contributed by atoms with E-state index in [1.54, 1.807) is 24.0 Å². The molecule has 0 unspecified atom stereocenters. The molecule has 27 heavy (non-hydrogen) atoms. The summed E-state index contributed by atoms with van der Waals surface area (Å²) < 4.78 is 27.5. The first-order valence-corrected chi connectivity index (χ1v) is 8.87. The van der Waals surface area contributed by atoms with Crippen molar-refractivity contribution in [3.05, 3.63) is 76.4 Å². The van der Waals surface area contributed by atoms with Crippen LogP contribution in [0.3, 0.4) is 0 Å². The number of Topliss-reactive ketones (excluding diaryl/α,β-unsaturated/α-hetero) is 1. The Kier molecular flexibility index (Phi) is 5.49. The minimum absolute atomic E-state index is 0.0501. The second kappa shape index (κ2) is 7.82. The molecule has 0 bridgehead atoms. The number of hydrogen-bond donors (Lipinski definition) is 0. The van der Waals surface area contributed by atoms with Gasteiger partial charge in [-0.3, -0.25) is 9.59 Å². The molecule has 0 radical (unpaired) electrons. The SMILES string of the molecule is CC(=O)N1CCC(C)=C(c2ccc(CC(=O)c3c(F)cccc3F)cc2)C1. The maximum absolute atomic E-state index is 13.8. The number of carbonyl (C=O) groups is 2. The minimum Gasteiger partial charge on any atom is -0.338 e. The van der Waals surface area contributed by atoms with E-state index in [0.717, 1.165) is 36.2 Å². The van der Waals surface area contributed by atoms with Crippen molar-refractivity contribution in [2.75, 3.05) is 13.1 Å². The Morgan fingerprint density at radius 3 is 2.26 bits per heavy atom. The van der Waals surface area contributed by atoms with E-state index in [2.05, 4.69) is 6.92 Å². The van der Waals surface area contributed by atoms with Crippen LogP contribution in [-0.2, 0) is 11.2 Å². The van der Waals surface area contributed by atoms with Crippen molar-refractivity contribution in [1.82, 2.24) is 4.90 Å². The zero-order chi connectivity index (χ0) is 19.6. The number of ketones is 1. The molecule has 1 aliphatic heterocycles. The number of amides is 1. The van der Waals surface area contributed by atoms with Gasteiger partial charge in [-0.05, 0) is 42.2 Å². The van der Waals surface area contributed by atoms with Crippen LogP contribution < -0.4 is 0 Å². The van der Waals surface area contributed by atoms with E-state index in [4.69, 9.17) is 0 Å². The van der Waals surface area contributed by atoms with E-state index < -0.39 is 23.0 Å². The van der Waals surface area contributed by atoms with Crippen molar-refractivity contribution >= 4 is 17.3 Å². The van der Waals surface area contributed by atoms with Gasteiger partial charge in [-0.1, -0.05) is 35.9 Å². The fraction of sp³-hybridized carbons (Fsp3) is 0.273. The average Bonchev–Trinajstić information content (AvgIpc) is 2.62. The molecule has 0 saturated heterocycles. The number of hydrogen-bond acceptors (Lipinski definition) is 2. The summed E-state index contributed by atoms with van der Waals surface area (Å²) in [4.78, 5) is 25.7. The lowest BCUT2D eigenvalue weighted by Crippen LogP contribution is -2.34. The number of nitrogens with zero attached hydrogens (tertiary/aromatic N) is 1. The predicted molar refractivity (Wildman–Crippen MR) is 100 cm³/mol. The highest BCUT2D eigenvalue weighted by molar-refractivity contribution is 5.98. The van der Waals surface area contributed by atoms with Gasteiger partial charge in [0.15, 0.2) is 5.78 Å². The third-order valence-electron chi connectivity index (χ3n) is 4.97. The molecule has 5 heteroatoms. The first-order valence-electron chi connectivity index (χ1n) is 8.87. The summed E-state index contributed by atoms with van der Waals surface area (Å²) in [6, 6.07) is 10.8. The molecule has 0 aliphatic carbocycles. The number of halogens is 2. The largest absolute Gasteiger partial charge is 0.338 e. The van der Waals surface area contributed by atoms with Crippen LogP contribution in [0.1, 0.15) is 41.8 Å². The molecule has 1 aliphatic rings. The van der Waals surface area contributed by atoms with Gasteiger partial charge < -0.3 is 4.90 Å². The topological polar surface area (TPSA) is 37.4 Å². The van der Waals surface area contributed by atoms with Gasteiger partial charge in [0, 0.05) is 26.4 Å². The van der Waals surface area contributed by atoms with Crippen molar-refractivity contribution in [1.29, 1.82) is 0 Å². The quantitative estimate of drug-likeness (QED) is 0.749. The monoisotopic (exact) mass is 369 g/mol. The molecule has 3 nitrogen and oxygen atoms in total. The molecule has 0 fully saturated rings. The van der Waals surface area contributed by atoms with E-state index in [1.807, 2.05) is 12.1 Å². The van der Waals surface area contributed by atoms with Crippen LogP contribution >= 0.6 is 0 Å². The second-order valence-corrected chi connectivity index (χ2v) is 6.84. The molecule has 2 aromatic rings. The third kappa shape index (κ3) is 4.13. The summed E-state index contributed by atoms with van der Waals surface area (Å²) in [6.45, 7) is 4.92. The molecule has 3 rings (SSSR count). The van der Waals surface area contributed by atoms with E-state index >= 15 is 0 Å². The Bertz CT molecular complexity index is 896. The summed E-state index contributed by atoms with van der Waals surface area (Å²) in [6.07, 6.45) is 0.761. The first-order chi connectivity index (χ1) is 12.9. The van der Waals surface area contributed by atoms with E-state index in [0.29, 0.717) is 12.1 Å². The summed E-state index contributed by atoms with van der Waals surface area (Å²) in [5, 5.41) is 0. The molecule has 0 spiro atoms. The van der Waals surface area contributed by atoms with Crippen LogP contribution in [-0.4, -0.2) is 29.7 Å². The maximum Gasteiger partial charge on any atom is 0.219 e. The fourth-order valence-electron chi connectivity index (χ4n) is 3.33. The van der Waals surface area contributed by atoms with Gasteiger partial charge in [0.25, 0.3) is 0 Å². The molecule has 0 saturated carbocycles. The zero-order valence-corrected chi connectivity index (χ0v) is 15.4. The van der Waals surface area contributed by atoms with Crippen LogP contribution in [0.4, 0.5) is 8.78 Å². The average molecular weight is 369 g/mol. The van der Waals surface area contributed by atoms with E-state index in [-0.39, 0.29) is 12.3 Å². The summed E-state index contributed by atoms with van der Waals surface area (Å²) in [5.74, 6) is -2.23. The predicted octanol–water partition coefficient (Wildman–Crippen LogP) is 4.42. The van der Waals surface area contributed by atoms with Gasteiger partial charge in [-0.2, -0.15) is 0 Å². The van der Waals surface area contributed by atoms with Crippen molar-refractivity contribution in [3.63, 3.8) is 0 Å². The highest BCUT2D eigenvalue weighted by Gasteiger charge is 2.20. The smallest absolute Gasteiger partial charge is 0.219 e. The highest BCUT2D eigenvalue weighted by atomic mass is 19.1. The van der Waals surface area contributed by atoms with E-state index in [9.17, 15) is 18.4 Å². The summed E-state index contributed by atoms with van der Waals surface area (Å²) >= 11 is 0. The molecule has 0 aromatic heterocycles. The summed E-state index contributed by atoms with van der Waals surface area (Å²) in [7, 11) is 0. The van der Waals surface area contributed by atoms with Crippen LogP contribution in [0.5, 0.6) is 0 Å². The van der Waals surface area contributed by atoms with Crippen molar-refractivity contribution < 1.29 is 18.4 Å². The zero-order valence-electron chi connectivity index (χ0n) is 15.4. The molecule has 0 N–H and O–H groups in total. The van der Waals surface area contributed by atoms with Gasteiger partial charge in [-0.25, -0.2) is 8.78 Å². The Morgan fingerprint density at radius 2 is 1.67 bits per heavy atom. The van der Waals surface area contributed by atoms with Crippen LogP contribution in [0.2, 0.25) is 0 Å². The third-order valence-corrected chi connectivity index (χ3v) is 4.97. The van der Waals surface area contributed by atoms with Crippen LogP contribution in [0, 0.1) is 11.6 Å². The van der Waals surface area contributed by atoms with Crippen molar-refractivity contribution in [2.24, 2.45) is 0 Å². The Labute approximate surface area is 157 Å². The van der Waals surface area contributed by atoms with E-state index in [1.165, 1.54) is 11.6 Å². The Balaban J connectivity index is 1.78. The van der Waals surface area contributed by atoms with Crippen LogP contribution in [0.15, 0.2) is 48.0 Å². The molecular formula is C22H21F2NO2.